The molecule has 14 nitrogen and oxygen atoms in total. The molecule has 3 rings (SSSR count). The van der Waals surface area contributed by atoms with Crippen molar-refractivity contribution >= 4 is 23.7 Å². The summed E-state index contributed by atoms with van der Waals surface area (Å²) in [5.74, 6) is 0.265. The molecule has 1 saturated heterocycles. The average molecular weight is 730 g/mol. The van der Waals surface area contributed by atoms with Gasteiger partial charge in [-0.3, -0.25) is 4.57 Å². The number of nitrogens with zero attached hydrogens (tertiary/aromatic N) is 2. The highest BCUT2D eigenvalue weighted by Crippen LogP contribution is 2.33. The molecule has 0 spiro atoms. The Morgan fingerprint density at radius 3 is 2.24 bits per heavy atom. The average Bonchev–Trinajstić information content (AvgIpc) is 3.53. The summed E-state index contributed by atoms with van der Waals surface area (Å²) >= 11 is 0. The third-order valence-corrected chi connectivity index (χ3v) is 11.0. The van der Waals surface area contributed by atoms with E-state index >= 15 is 0 Å². The number of aliphatic hydroxyl groups is 1. The van der Waals surface area contributed by atoms with Crippen LogP contribution in [0.3, 0.4) is 0 Å². The summed E-state index contributed by atoms with van der Waals surface area (Å²) < 4.78 is 61.8. The number of amides is 1. The van der Waals surface area contributed by atoms with E-state index in [1.807, 2.05) is 38.1 Å². The van der Waals surface area contributed by atoms with Crippen molar-refractivity contribution in [2.24, 2.45) is 11.8 Å². The molecule has 1 heterocycles. The van der Waals surface area contributed by atoms with E-state index in [2.05, 4.69) is 5.32 Å². The van der Waals surface area contributed by atoms with Gasteiger partial charge >= 0.3 is 13.7 Å². The largest absolute Gasteiger partial charge is 0.497 e. The van der Waals surface area contributed by atoms with Crippen LogP contribution in [-0.4, -0.2) is 117 Å². The number of carbonyl (C=O) groups is 1. The maximum atomic E-state index is 13.8. The Morgan fingerprint density at radius 2 is 1.67 bits per heavy atom. The van der Waals surface area contributed by atoms with Gasteiger partial charge in [-0.15, -0.1) is 0 Å². The molecule has 2 aromatic carbocycles. The lowest BCUT2D eigenvalue weighted by atomic mass is 9.99. The molecule has 0 bridgehead atoms. The number of alkyl carbamates (subject to hydrolysis) is 1. The molecule has 0 unspecified atom stereocenters. The monoisotopic (exact) mass is 729 g/mol. The van der Waals surface area contributed by atoms with E-state index in [4.69, 9.17) is 18.9 Å². The quantitative estimate of drug-likeness (QED) is 0.155. The van der Waals surface area contributed by atoms with Gasteiger partial charge < -0.3 is 44.1 Å². The molecule has 1 fully saturated rings. The third kappa shape index (κ3) is 12.9. The van der Waals surface area contributed by atoms with Gasteiger partial charge in [0, 0.05) is 39.2 Å². The Kier molecular flexibility index (Phi) is 15.5. The van der Waals surface area contributed by atoms with Crippen molar-refractivity contribution in [1.29, 1.82) is 0 Å². The third-order valence-electron chi connectivity index (χ3n) is 8.34. The van der Waals surface area contributed by atoms with Gasteiger partial charge in [-0.05, 0) is 68.1 Å². The van der Waals surface area contributed by atoms with Gasteiger partial charge in [0.15, 0.2) is 6.29 Å². The smallest absolute Gasteiger partial charge is 0.407 e. The highest BCUT2D eigenvalue weighted by Gasteiger charge is 2.36. The van der Waals surface area contributed by atoms with Gasteiger partial charge in [-0.2, -0.15) is 4.31 Å². The van der Waals surface area contributed by atoms with Gasteiger partial charge in [0.2, 0.25) is 10.0 Å². The number of hydrogen-bond acceptors (Lipinski definition) is 10. The number of methoxy groups -OCH3 is 2. The molecule has 0 radical (unpaired) electrons. The minimum atomic E-state index is -4.11. The normalized spacial score (nSPS) is 18.9. The summed E-state index contributed by atoms with van der Waals surface area (Å²) in [6.45, 7) is 6.49. The molecule has 0 aliphatic carbocycles. The standard InChI is InChI=1S/C33H52N3O11PS/c1-23(2)20-36(49(42,43)28-13-11-27(44-5)12-14-28)22-31(37)30(34-33(38)47-24(3)29-15-17-46-32(29)45-6)19-25-7-9-26(10-8-25)21-35(4)16-18-48(39,40)41/h7-14,23-24,29-32,37H,15-22H2,1-6H3,(H,34,38)(H2,39,40,41)/t24-,29-,30-,31+,32-/m0/s1. The van der Waals surface area contributed by atoms with E-state index < -0.39 is 48.3 Å². The Balaban J connectivity index is 1.81. The van der Waals surface area contributed by atoms with Crippen molar-refractivity contribution in [2.45, 2.75) is 69.6 Å². The first-order chi connectivity index (χ1) is 23.0. The maximum absolute atomic E-state index is 13.8. The van der Waals surface area contributed by atoms with E-state index in [9.17, 15) is 32.7 Å². The molecule has 1 aliphatic rings. The second-order valence-corrected chi connectivity index (χ2v) is 16.6. The summed E-state index contributed by atoms with van der Waals surface area (Å²) in [4.78, 5) is 33.4. The van der Waals surface area contributed by atoms with Gasteiger partial charge in [-0.1, -0.05) is 38.1 Å². The minimum absolute atomic E-state index is 0.0479. The molecule has 16 heteroatoms. The predicted molar refractivity (Wildman–Crippen MR) is 184 cm³/mol. The topological polar surface area (TPSA) is 184 Å². The number of nitrogens with one attached hydrogen (secondary N) is 1. The zero-order chi connectivity index (χ0) is 36.4. The number of benzene rings is 2. The van der Waals surface area contributed by atoms with E-state index in [0.717, 1.165) is 11.1 Å². The van der Waals surface area contributed by atoms with Crippen molar-refractivity contribution in [2.75, 3.05) is 53.7 Å². The van der Waals surface area contributed by atoms with Gasteiger partial charge in [0.05, 0.1) is 36.9 Å². The fourth-order valence-electron chi connectivity index (χ4n) is 5.64. The molecule has 0 aromatic heterocycles. The van der Waals surface area contributed by atoms with Crippen LogP contribution in [-0.2, 0) is 41.8 Å². The number of rotatable bonds is 19. The van der Waals surface area contributed by atoms with Crippen LogP contribution < -0.4 is 10.1 Å². The lowest BCUT2D eigenvalue weighted by molar-refractivity contribution is -0.127. The first-order valence-corrected chi connectivity index (χ1v) is 19.5. The van der Waals surface area contributed by atoms with Crippen molar-refractivity contribution in [3.63, 3.8) is 0 Å². The van der Waals surface area contributed by atoms with Crippen LogP contribution in [0.15, 0.2) is 53.4 Å². The molecule has 4 N–H and O–H groups in total. The lowest BCUT2D eigenvalue weighted by Crippen LogP contribution is -2.51. The summed E-state index contributed by atoms with van der Waals surface area (Å²) in [5, 5.41) is 14.4. The van der Waals surface area contributed by atoms with Crippen LogP contribution in [0.5, 0.6) is 5.75 Å². The Labute approximate surface area is 289 Å². The van der Waals surface area contributed by atoms with Crippen LogP contribution in [0.25, 0.3) is 0 Å². The van der Waals surface area contributed by atoms with E-state index in [1.165, 1.54) is 30.7 Å². The molecule has 276 valence electrons. The Hall–Kier alpha value is -2.59. The van der Waals surface area contributed by atoms with Crippen molar-refractivity contribution < 1.29 is 51.6 Å². The summed E-state index contributed by atoms with van der Waals surface area (Å²) in [6.07, 6.45) is -2.60. The van der Waals surface area contributed by atoms with E-state index in [1.54, 1.807) is 31.0 Å². The van der Waals surface area contributed by atoms with Crippen LogP contribution in [0, 0.1) is 11.8 Å². The second-order valence-electron chi connectivity index (χ2n) is 12.9. The van der Waals surface area contributed by atoms with Crippen molar-refractivity contribution in [1.82, 2.24) is 14.5 Å². The van der Waals surface area contributed by atoms with E-state index in [-0.39, 0.29) is 48.9 Å². The van der Waals surface area contributed by atoms with Crippen LogP contribution in [0.4, 0.5) is 4.79 Å². The van der Waals surface area contributed by atoms with Gasteiger partial charge in [0.1, 0.15) is 11.9 Å². The summed E-state index contributed by atoms with van der Waals surface area (Å²) in [5.41, 5.74) is 1.66. The summed E-state index contributed by atoms with van der Waals surface area (Å²) in [7, 11) is -3.36. The fourth-order valence-corrected chi connectivity index (χ4v) is 7.86. The Morgan fingerprint density at radius 1 is 1.04 bits per heavy atom. The van der Waals surface area contributed by atoms with Crippen molar-refractivity contribution in [3.05, 3.63) is 59.7 Å². The molecule has 5 atom stereocenters. The molecule has 0 saturated carbocycles. The lowest BCUT2D eigenvalue weighted by Gasteiger charge is -2.31. The molecular formula is C33H52N3O11PS. The fraction of sp³-hybridized carbons (Fsp3) is 0.606. The molecule has 2 aromatic rings. The Bertz CT molecular complexity index is 1470. The van der Waals surface area contributed by atoms with Gasteiger partial charge in [0.25, 0.3) is 0 Å². The SMILES string of the molecule is COc1ccc(S(=O)(=O)N(CC(C)C)C[C@@H](O)[C@H](Cc2ccc(CN(C)CCP(=O)(O)O)cc2)NC(=O)O[C@@H](C)[C@@H]2CCO[C@@H]2OC)cc1. The minimum Gasteiger partial charge on any atom is -0.497 e. The number of ether oxygens (including phenoxy) is 4. The second kappa shape index (κ2) is 18.6. The predicted octanol–water partition coefficient (Wildman–Crippen LogP) is 3.05. The van der Waals surface area contributed by atoms with Crippen molar-refractivity contribution in [3.8, 4) is 5.75 Å². The molecule has 49 heavy (non-hydrogen) atoms. The zero-order valence-corrected chi connectivity index (χ0v) is 30.8. The van der Waals surface area contributed by atoms with Crippen LogP contribution in [0.1, 0.15) is 38.3 Å². The van der Waals surface area contributed by atoms with E-state index in [0.29, 0.717) is 25.3 Å². The van der Waals surface area contributed by atoms with Crippen LogP contribution >= 0.6 is 7.60 Å². The maximum Gasteiger partial charge on any atom is 0.407 e. The first kappa shape index (κ1) is 40.8. The number of hydrogen-bond donors (Lipinski definition) is 4. The first-order valence-electron chi connectivity index (χ1n) is 16.3. The number of sulfonamides is 1. The van der Waals surface area contributed by atoms with Crippen LogP contribution in [0.2, 0.25) is 0 Å². The number of carbonyl (C=O) groups excluding carboxylic acids is 1. The molecule has 1 amide bonds. The van der Waals surface area contributed by atoms with Gasteiger partial charge in [-0.25, -0.2) is 13.2 Å². The summed E-state index contributed by atoms with van der Waals surface area (Å²) in [6, 6.07) is 12.5. The molecular weight excluding hydrogens is 677 g/mol. The zero-order valence-electron chi connectivity index (χ0n) is 29.1. The molecule has 1 aliphatic heterocycles. The number of aliphatic hydroxyl groups excluding tert-OH is 1. The highest BCUT2D eigenvalue weighted by molar-refractivity contribution is 7.89. The highest BCUT2D eigenvalue weighted by atomic mass is 32.2.